The molecular formula is C27H38N2O. The lowest BCUT2D eigenvalue weighted by Gasteiger charge is -2.58. The second kappa shape index (κ2) is 7.50. The molecule has 2 heterocycles. The molecule has 0 bridgehead atoms. The molecule has 3 heteroatoms. The van der Waals surface area contributed by atoms with Gasteiger partial charge in [0.25, 0.3) is 0 Å². The van der Waals surface area contributed by atoms with Gasteiger partial charge in [0, 0.05) is 28.9 Å². The van der Waals surface area contributed by atoms with E-state index in [0.717, 1.165) is 48.3 Å². The molecule has 5 rings (SSSR count). The van der Waals surface area contributed by atoms with E-state index < -0.39 is 0 Å². The molecule has 0 spiro atoms. The molecule has 4 aliphatic rings. The maximum absolute atomic E-state index is 12.9. The Morgan fingerprint density at radius 2 is 2.00 bits per heavy atom. The topological polar surface area (TPSA) is 42.0 Å². The molecule has 0 saturated heterocycles. The summed E-state index contributed by atoms with van der Waals surface area (Å²) in [5, 5.41) is 3.45. The lowest BCUT2D eigenvalue weighted by atomic mass is 9.48. The van der Waals surface area contributed by atoms with Crippen LogP contribution in [-0.2, 0) is 4.79 Å². The average molecular weight is 407 g/mol. The molecule has 3 saturated carbocycles. The number of fused-ring (bicyclic) bond motifs is 5. The van der Waals surface area contributed by atoms with Crippen molar-refractivity contribution >= 4 is 5.91 Å². The fraction of sp³-hybridized carbons (Fsp3) is 0.704. The second-order valence-corrected chi connectivity index (χ2v) is 11.3. The Balaban J connectivity index is 1.36. The molecular weight excluding hydrogens is 368 g/mol. The highest BCUT2D eigenvalue weighted by molar-refractivity contribution is 5.94. The maximum atomic E-state index is 12.9. The summed E-state index contributed by atoms with van der Waals surface area (Å²) >= 11 is 0. The summed E-state index contributed by atoms with van der Waals surface area (Å²) in [5.74, 6) is 3.06. The van der Waals surface area contributed by atoms with E-state index in [0.29, 0.717) is 17.4 Å². The van der Waals surface area contributed by atoms with Crippen LogP contribution in [0.15, 0.2) is 36.0 Å². The van der Waals surface area contributed by atoms with Crippen molar-refractivity contribution in [3.8, 4) is 0 Å². The van der Waals surface area contributed by atoms with Crippen LogP contribution in [0.5, 0.6) is 0 Å². The van der Waals surface area contributed by atoms with Crippen LogP contribution in [0.4, 0.5) is 0 Å². The molecule has 3 fully saturated rings. The summed E-state index contributed by atoms with van der Waals surface area (Å²) in [5.41, 5.74) is 2.87. The van der Waals surface area contributed by atoms with Crippen molar-refractivity contribution in [3.05, 3.63) is 41.7 Å². The fourth-order valence-corrected chi connectivity index (χ4v) is 7.88. The number of nitrogens with zero attached hydrogens (tertiary/aromatic N) is 1. The Morgan fingerprint density at radius 3 is 2.80 bits per heavy atom. The summed E-state index contributed by atoms with van der Waals surface area (Å²) in [6.07, 6.45) is 15.6. The average Bonchev–Trinajstić information content (AvgIpc) is 3.15. The van der Waals surface area contributed by atoms with Crippen molar-refractivity contribution in [3.63, 3.8) is 0 Å². The van der Waals surface area contributed by atoms with Crippen LogP contribution < -0.4 is 5.32 Å². The van der Waals surface area contributed by atoms with E-state index in [1.165, 1.54) is 38.5 Å². The van der Waals surface area contributed by atoms with Crippen LogP contribution in [0.2, 0.25) is 0 Å². The Labute approximate surface area is 182 Å². The van der Waals surface area contributed by atoms with Gasteiger partial charge in [-0.2, -0.15) is 0 Å². The third-order valence-electron chi connectivity index (χ3n) is 9.68. The Kier molecular flexibility index (Phi) is 5.07. The number of aromatic nitrogens is 1. The number of carbonyl (C=O) groups excluding carboxylic acids is 1. The van der Waals surface area contributed by atoms with Crippen molar-refractivity contribution in [2.45, 2.75) is 90.5 Å². The van der Waals surface area contributed by atoms with Gasteiger partial charge in [0.15, 0.2) is 0 Å². The van der Waals surface area contributed by atoms with E-state index >= 15 is 0 Å². The maximum Gasteiger partial charge on any atom is 0.247 e. The van der Waals surface area contributed by atoms with Crippen LogP contribution in [0.1, 0.15) is 90.2 Å². The molecule has 1 amide bonds. The first-order valence-electron chi connectivity index (χ1n) is 12.3. The smallest absolute Gasteiger partial charge is 0.247 e. The quantitative estimate of drug-likeness (QED) is 0.664. The second-order valence-electron chi connectivity index (χ2n) is 11.3. The largest absolute Gasteiger partial charge is 0.349 e. The highest BCUT2D eigenvalue weighted by Crippen LogP contribution is 2.63. The highest BCUT2D eigenvalue weighted by Gasteiger charge is 2.57. The lowest BCUT2D eigenvalue weighted by molar-refractivity contribution is -0.123. The molecule has 3 aliphatic carbocycles. The number of carbonyl (C=O) groups is 1. The van der Waals surface area contributed by atoms with Gasteiger partial charge in [-0.05, 0) is 92.6 Å². The third kappa shape index (κ3) is 3.24. The first-order valence-corrected chi connectivity index (χ1v) is 12.3. The Morgan fingerprint density at radius 1 is 1.13 bits per heavy atom. The molecule has 30 heavy (non-hydrogen) atoms. The molecule has 3 nitrogen and oxygen atoms in total. The van der Waals surface area contributed by atoms with Crippen LogP contribution in [-0.4, -0.2) is 16.9 Å². The van der Waals surface area contributed by atoms with Crippen molar-refractivity contribution in [2.24, 2.45) is 28.6 Å². The zero-order chi connectivity index (χ0) is 20.9. The number of rotatable bonds is 4. The lowest BCUT2D eigenvalue weighted by Crippen LogP contribution is -2.59. The van der Waals surface area contributed by atoms with Crippen molar-refractivity contribution in [1.82, 2.24) is 10.3 Å². The highest BCUT2D eigenvalue weighted by atomic mass is 16.1. The molecule has 0 radical (unpaired) electrons. The predicted molar refractivity (Wildman–Crippen MR) is 121 cm³/mol. The number of amides is 1. The number of hydrogen-bond donors (Lipinski definition) is 1. The first-order chi connectivity index (χ1) is 14.4. The predicted octanol–water partition coefficient (Wildman–Crippen LogP) is 6.02. The van der Waals surface area contributed by atoms with E-state index in [1.807, 2.05) is 12.3 Å². The summed E-state index contributed by atoms with van der Waals surface area (Å²) in [6.45, 7) is 7.26. The third-order valence-corrected chi connectivity index (χ3v) is 9.68. The van der Waals surface area contributed by atoms with Crippen molar-refractivity contribution in [1.29, 1.82) is 0 Å². The number of hydrogen-bond acceptors (Lipinski definition) is 2. The van der Waals surface area contributed by atoms with Crippen molar-refractivity contribution in [2.75, 3.05) is 0 Å². The minimum Gasteiger partial charge on any atom is -0.349 e. The van der Waals surface area contributed by atoms with Gasteiger partial charge in [0.05, 0.1) is 0 Å². The van der Waals surface area contributed by atoms with Gasteiger partial charge in [-0.15, -0.1) is 0 Å². The van der Waals surface area contributed by atoms with E-state index in [1.54, 1.807) is 0 Å². The minimum atomic E-state index is 0.129. The zero-order valence-corrected chi connectivity index (χ0v) is 19.0. The van der Waals surface area contributed by atoms with Gasteiger partial charge in [-0.3, -0.25) is 9.78 Å². The standard InChI is InChI=1S/C27H38N2O/c1-18(23-8-4-5-16-28-23)9-10-19-17-27(3)22-13-15-26(2)14-6-7-21(26)20(22)11-12-24(27)29-25(19)30/h4-5,8,16-18,20-22,24H,6-7,9-15H2,1-3H3,(H,29,30)/t18?,20-,21-,22-,24+,26-,27+/m0/s1. The van der Waals surface area contributed by atoms with E-state index in [2.05, 4.69) is 49.3 Å². The van der Waals surface area contributed by atoms with Crippen LogP contribution in [0, 0.1) is 28.6 Å². The van der Waals surface area contributed by atoms with Crippen LogP contribution in [0.25, 0.3) is 0 Å². The molecule has 162 valence electrons. The van der Waals surface area contributed by atoms with Gasteiger partial charge < -0.3 is 5.32 Å². The number of pyridine rings is 1. The van der Waals surface area contributed by atoms with Gasteiger partial charge in [-0.1, -0.05) is 39.3 Å². The summed E-state index contributed by atoms with van der Waals surface area (Å²) in [7, 11) is 0. The number of nitrogens with one attached hydrogen (secondary N) is 1. The monoisotopic (exact) mass is 406 g/mol. The van der Waals surface area contributed by atoms with Gasteiger partial charge in [0.2, 0.25) is 5.91 Å². The molecule has 1 N–H and O–H groups in total. The van der Waals surface area contributed by atoms with E-state index in [4.69, 9.17) is 0 Å². The Bertz CT molecular complexity index is 833. The Hall–Kier alpha value is -1.64. The summed E-state index contributed by atoms with van der Waals surface area (Å²) in [4.78, 5) is 17.5. The van der Waals surface area contributed by atoms with E-state index in [-0.39, 0.29) is 11.3 Å². The minimum absolute atomic E-state index is 0.129. The molecule has 1 unspecified atom stereocenters. The van der Waals surface area contributed by atoms with Gasteiger partial charge in [-0.25, -0.2) is 0 Å². The molecule has 7 atom stereocenters. The van der Waals surface area contributed by atoms with Crippen LogP contribution >= 0.6 is 0 Å². The zero-order valence-electron chi connectivity index (χ0n) is 19.0. The SMILES string of the molecule is CC(CCC1=C[C@@]2(C)[C@@H](CC[C@H]3[C@@H]4CCC[C@@]4(C)CC[C@@H]32)NC1=O)c1ccccn1. The summed E-state index contributed by atoms with van der Waals surface area (Å²) in [6, 6.07) is 6.45. The molecule has 1 aliphatic heterocycles. The van der Waals surface area contributed by atoms with Crippen molar-refractivity contribution < 1.29 is 4.79 Å². The van der Waals surface area contributed by atoms with Gasteiger partial charge >= 0.3 is 0 Å². The first kappa shape index (κ1) is 20.3. The van der Waals surface area contributed by atoms with Gasteiger partial charge in [0.1, 0.15) is 0 Å². The molecule has 0 aromatic carbocycles. The normalized spacial score (nSPS) is 41.2. The molecule has 1 aromatic heterocycles. The molecule has 1 aromatic rings. The van der Waals surface area contributed by atoms with E-state index in [9.17, 15) is 4.79 Å². The fourth-order valence-electron chi connectivity index (χ4n) is 7.88. The van der Waals surface area contributed by atoms with Crippen LogP contribution in [0.3, 0.4) is 0 Å². The summed E-state index contributed by atoms with van der Waals surface area (Å²) < 4.78 is 0.